The largest absolute Gasteiger partial charge is 0.434 e. The fraction of sp³-hybridized carbons (Fsp3) is 0.235. The Hall–Kier alpha value is -1.61. The Morgan fingerprint density at radius 3 is 2.71 bits per heavy atom. The van der Waals surface area contributed by atoms with Gasteiger partial charge in [-0.05, 0) is 11.5 Å². The van der Waals surface area contributed by atoms with E-state index in [9.17, 15) is 4.79 Å². The third-order valence-corrected chi connectivity index (χ3v) is 4.15. The van der Waals surface area contributed by atoms with Gasteiger partial charge in [-0.25, -0.2) is 4.98 Å². The van der Waals surface area contributed by atoms with Gasteiger partial charge in [-0.15, -0.1) is 0 Å². The highest BCUT2D eigenvalue weighted by Crippen LogP contribution is 2.27. The number of rotatable bonds is 4. The lowest BCUT2D eigenvalue weighted by atomic mass is 9.88. The van der Waals surface area contributed by atoms with E-state index in [2.05, 4.69) is 10.1 Å². The van der Waals surface area contributed by atoms with Crippen molar-refractivity contribution in [1.82, 2.24) is 4.98 Å². The molecule has 3 rings (SSSR count). The van der Waals surface area contributed by atoms with Crippen LogP contribution in [0.2, 0.25) is 0 Å². The van der Waals surface area contributed by atoms with Crippen molar-refractivity contribution in [2.75, 3.05) is 0 Å². The van der Waals surface area contributed by atoms with Crippen LogP contribution in [0.1, 0.15) is 26.7 Å². The van der Waals surface area contributed by atoms with Gasteiger partial charge in [-0.2, -0.15) is 0 Å². The van der Waals surface area contributed by atoms with Crippen molar-refractivity contribution in [3.05, 3.63) is 42.3 Å². The molecule has 0 aliphatic carbocycles. The SMILES string of the molecule is CC(C)(C)C(=O)/C(=N\OSI)c1nc2c(ccc3ccccc32)o1. The lowest BCUT2D eigenvalue weighted by Gasteiger charge is -2.15. The number of Topliss-reactive ketones (excluding diaryl/α,β-unsaturated/α-hetero) is 1. The summed E-state index contributed by atoms with van der Waals surface area (Å²) in [4.78, 5) is 17.2. The number of hydrogen-bond donors (Lipinski definition) is 0. The molecule has 2 aromatic carbocycles. The molecule has 0 unspecified atom stereocenters. The molecule has 7 heteroatoms. The summed E-state index contributed by atoms with van der Waals surface area (Å²) in [5, 5.41) is 5.95. The molecule has 124 valence electrons. The number of halogens is 1. The second kappa shape index (κ2) is 6.72. The maximum absolute atomic E-state index is 12.7. The summed E-state index contributed by atoms with van der Waals surface area (Å²) in [6.07, 6.45) is 0. The molecule has 5 nitrogen and oxygen atoms in total. The highest BCUT2D eigenvalue weighted by molar-refractivity contribution is 14.2. The molecule has 0 saturated heterocycles. The van der Waals surface area contributed by atoms with E-state index in [4.69, 9.17) is 8.70 Å². The van der Waals surface area contributed by atoms with Crippen LogP contribution >= 0.6 is 30.4 Å². The normalized spacial score (nSPS) is 12.8. The Morgan fingerprint density at radius 1 is 1.25 bits per heavy atom. The third-order valence-electron chi connectivity index (χ3n) is 3.54. The zero-order valence-corrected chi connectivity index (χ0v) is 16.3. The number of fused-ring (bicyclic) bond motifs is 3. The molecule has 1 aromatic heterocycles. The topological polar surface area (TPSA) is 64.7 Å². The molecular weight excluding hydrogens is 439 g/mol. The minimum Gasteiger partial charge on any atom is -0.434 e. The monoisotopic (exact) mass is 454 g/mol. The fourth-order valence-electron chi connectivity index (χ4n) is 2.35. The van der Waals surface area contributed by atoms with Gasteiger partial charge >= 0.3 is 0 Å². The Bertz CT molecular complexity index is 944. The first-order chi connectivity index (χ1) is 11.4. The van der Waals surface area contributed by atoms with Crippen LogP contribution in [0.15, 0.2) is 46.0 Å². The van der Waals surface area contributed by atoms with E-state index in [0.29, 0.717) is 11.1 Å². The summed E-state index contributed by atoms with van der Waals surface area (Å²) >= 11 is 1.94. The van der Waals surface area contributed by atoms with Gasteiger partial charge in [0, 0.05) is 32.0 Å². The number of nitrogens with zero attached hydrogens (tertiary/aromatic N) is 2. The van der Waals surface area contributed by atoms with E-state index in [0.717, 1.165) is 20.0 Å². The highest BCUT2D eigenvalue weighted by atomic mass is 127. The van der Waals surface area contributed by atoms with Crippen LogP contribution in [0.3, 0.4) is 0 Å². The molecule has 0 bridgehead atoms. The average molecular weight is 454 g/mol. The Kier molecular flexibility index (Phi) is 4.82. The first-order valence-electron chi connectivity index (χ1n) is 7.27. The minimum atomic E-state index is -0.624. The molecule has 0 atom stereocenters. The molecule has 24 heavy (non-hydrogen) atoms. The number of carbonyl (C=O) groups is 1. The fourth-order valence-corrected chi connectivity index (χ4v) is 2.69. The zero-order valence-electron chi connectivity index (χ0n) is 13.4. The molecule has 0 saturated carbocycles. The number of oxime groups is 1. The van der Waals surface area contributed by atoms with E-state index in [1.807, 2.05) is 78.4 Å². The van der Waals surface area contributed by atoms with Gasteiger partial charge in [0.2, 0.25) is 5.71 Å². The van der Waals surface area contributed by atoms with Crippen LogP contribution in [0.4, 0.5) is 0 Å². The lowest BCUT2D eigenvalue weighted by Crippen LogP contribution is -2.29. The van der Waals surface area contributed by atoms with Gasteiger partial charge in [0.1, 0.15) is 5.52 Å². The standard InChI is InChI=1S/C17H15IN2O3S/c1-17(2,3)15(21)14(20-23-24-18)16-19-13-11-7-5-4-6-10(11)8-9-12(13)22-16/h4-9H,1-3H3/b20-14+. The van der Waals surface area contributed by atoms with E-state index >= 15 is 0 Å². The van der Waals surface area contributed by atoms with Gasteiger partial charge in [-0.3, -0.25) is 4.79 Å². The van der Waals surface area contributed by atoms with Gasteiger partial charge in [-0.1, -0.05) is 56.3 Å². The van der Waals surface area contributed by atoms with Crippen LogP contribution < -0.4 is 0 Å². The molecule has 1 heterocycles. The lowest BCUT2D eigenvalue weighted by molar-refractivity contribution is -0.119. The number of aromatic nitrogens is 1. The van der Waals surface area contributed by atoms with Crippen molar-refractivity contribution < 1.29 is 13.5 Å². The van der Waals surface area contributed by atoms with Crippen LogP contribution in [0, 0.1) is 5.41 Å². The number of ketones is 1. The summed E-state index contributed by atoms with van der Waals surface area (Å²) in [6, 6.07) is 11.7. The quantitative estimate of drug-likeness (QED) is 0.231. The van der Waals surface area contributed by atoms with Gasteiger partial charge in [0.25, 0.3) is 5.89 Å². The Morgan fingerprint density at radius 2 is 2.00 bits per heavy atom. The number of hydrogen-bond acceptors (Lipinski definition) is 6. The molecule has 0 radical (unpaired) electrons. The second-order valence-electron chi connectivity index (χ2n) is 6.31. The van der Waals surface area contributed by atoms with Gasteiger partial charge in [0.05, 0.1) is 0 Å². The molecule has 0 N–H and O–H groups in total. The highest BCUT2D eigenvalue weighted by Gasteiger charge is 2.31. The van der Waals surface area contributed by atoms with Crippen molar-refractivity contribution in [2.24, 2.45) is 10.6 Å². The molecule has 0 aliphatic heterocycles. The second-order valence-corrected chi connectivity index (χ2v) is 7.66. The predicted octanol–water partition coefficient (Wildman–Crippen LogP) is 5.32. The average Bonchev–Trinajstić information content (AvgIpc) is 2.98. The summed E-state index contributed by atoms with van der Waals surface area (Å²) in [5.74, 6) is -0.0180. The van der Waals surface area contributed by atoms with Crippen LogP contribution in [-0.2, 0) is 9.08 Å². The van der Waals surface area contributed by atoms with Crippen LogP contribution in [0.25, 0.3) is 21.9 Å². The molecular formula is C17H15IN2O3S. The molecule has 0 spiro atoms. The van der Waals surface area contributed by atoms with Crippen molar-refractivity contribution >= 4 is 63.8 Å². The maximum atomic E-state index is 12.7. The van der Waals surface area contributed by atoms with Crippen LogP contribution in [-0.4, -0.2) is 16.5 Å². The third kappa shape index (κ3) is 3.27. The van der Waals surface area contributed by atoms with E-state index < -0.39 is 5.41 Å². The van der Waals surface area contributed by atoms with E-state index in [1.165, 1.54) is 0 Å². The summed E-state index contributed by atoms with van der Waals surface area (Å²) < 4.78 is 10.8. The molecule has 0 amide bonds. The summed E-state index contributed by atoms with van der Waals surface area (Å²) in [6.45, 7) is 5.46. The van der Waals surface area contributed by atoms with Gasteiger partial charge in [0.15, 0.2) is 20.6 Å². The van der Waals surface area contributed by atoms with E-state index in [1.54, 1.807) is 0 Å². The van der Waals surface area contributed by atoms with Crippen molar-refractivity contribution in [1.29, 1.82) is 0 Å². The van der Waals surface area contributed by atoms with Crippen molar-refractivity contribution in [3.63, 3.8) is 0 Å². The minimum absolute atomic E-state index is 0.0898. The van der Waals surface area contributed by atoms with Crippen LogP contribution in [0.5, 0.6) is 0 Å². The molecule has 0 fully saturated rings. The van der Waals surface area contributed by atoms with Gasteiger partial charge < -0.3 is 8.70 Å². The molecule has 0 aliphatic rings. The first-order valence-corrected chi connectivity index (χ1v) is 10.6. The smallest absolute Gasteiger partial charge is 0.253 e. The number of carbonyl (C=O) groups excluding carboxylic acids is 1. The molecule has 3 aromatic rings. The summed E-state index contributed by atoms with van der Waals surface area (Å²) in [7, 11) is 1.02. The summed E-state index contributed by atoms with van der Waals surface area (Å²) in [5.41, 5.74) is 0.785. The zero-order chi connectivity index (χ0) is 17.3. The van der Waals surface area contributed by atoms with E-state index in [-0.39, 0.29) is 17.4 Å². The van der Waals surface area contributed by atoms with Crippen molar-refractivity contribution in [3.8, 4) is 0 Å². The number of benzene rings is 2. The maximum Gasteiger partial charge on any atom is 0.253 e. The predicted molar refractivity (Wildman–Crippen MR) is 105 cm³/mol. The Balaban J connectivity index is 2.18. The Labute approximate surface area is 155 Å². The van der Waals surface area contributed by atoms with Crippen molar-refractivity contribution in [2.45, 2.75) is 20.8 Å². The first kappa shape index (κ1) is 17.2. The number of oxazole rings is 1.